The first-order valence-electron chi connectivity index (χ1n) is 13.7. The summed E-state index contributed by atoms with van der Waals surface area (Å²) in [6.07, 6.45) is -4.12. The van der Waals surface area contributed by atoms with Crippen LogP contribution in [0.1, 0.15) is 30.9 Å². The molecule has 1 saturated heterocycles. The monoisotopic (exact) mass is 612 g/mol. The van der Waals surface area contributed by atoms with Gasteiger partial charge in [-0.25, -0.2) is 4.39 Å². The van der Waals surface area contributed by atoms with Gasteiger partial charge in [-0.1, -0.05) is 36.4 Å². The number of alkyl halides is 3. The van der Waals surface area contributed by atoms with Gasteiger partial charge in [-0.15, -0.1) is 13.2 Å². The molecule has 3 aromatic rings. The van der Waals surface area contributed by atoms with Crippen LogP contribution in [0, 0.1) is 17.1 Å². The molecule has 0 spiro atoms. The van der Waals surface area contributed by atoms with Gasteiger partial charge >= 0.3 is 6.36 Å². The van der Waals surface area contributed by atoms with Crippen LogP contribution in [0.5, 0.6) is 11.5 Å². The number of amides is 2. The molecule has 13 heteroatoms. The fourth-order valence-electron chi connectivity index (χ4n) is 5.24. The number of piperidine rings is 1. The lowest BCUT2D eigenvalue weighted by Gasteiger charge is -2.27. The maximum absolute atomic E-state index is 14.6. The largest absolute Gasteiger partial charge is 0.573 e. The Labute approximate surface area is 249 Å². The summed E-state index contributed by atoms with van der Waals surface area (Å²) in [6, 6.07) is 16.0. The van der Waals surface area contributed by atoms with E-state index in [1.54, 1.807) is 12.1 Å². The number of carbonyl (C=O) groups excluding carboxylic acids is 3. The van der Waals surface area contributed by atoms with E-state index in [1.807, 2.05) is 30.3 Å². The molecule has 1 aliphatic carbocycles. The molecule has 3 aromatic carbocycles. The maximum atomic E-state index is 14.6. The van der Waals surface area contributed by atoms with Crippen molar-refractivity contribution in [2.24, 2.45) is 5.92 Å². The van der Waals surface area contributed by atoms with E-state index in [-0.39, 0.29) is 36.4 Å². The average Bonchev–Trinajstić information content (AvgIpc) is 3.65. The van der Waals surface area contributed by atoms with Crippen molar-refractivity contribution in [3.05, 3.63) is 83.7 Å². The summed E-state index contributed by atoms with van der Waals surface area (Å²) < 4.78 is 62.0. The molecular weight excluding hydrogens is 584 g/mol. The molecule has 0 aromatic heterocycles. The standard InChI is InChI=1S/C31H28F4N4O5/c1-17(40)29(36)21-14-20(43-16-18-6-3-2-4-7-18)10-11-22(21)37-15-27(41)39-24-12-19(24)13-25(39)30(42)38-23-8-5-9-26(28(23)32)44-31(33,34)35/h2-11,14,19,24-25,36-37H,12-13,15-16H2,1H3,(H,38,42). The topological polar surface area (TPSA) is 121 Å². The van der Waals surface area contributed by atoms with Gasteiger partial charge in [0.1, 0.15) is 24.1 Å². The quantitative estimate of drug-likeness (QED) is 0.200. The SMILES string of the molecule is CC(=O)C(=N)c1cc(OCc2ccccc2)ccc1NCC(=O)N1C(C(=O)Nc2cccc(OC(F)(F)F)c2F)CC2CC21. The molecule has 3 atom stereocenters. The number of rotatable bonds is 11. The van der Waals surface area contributed by atoms with Crippen molar-refractivity contribution in [2.75, 3.05) is 17.2 Å². The summed E-state index contributed by atoms with van der Waals surface area (Å²) in [5.41, 5.74) is 0.694. The van der Waals surface area contributed by atoms with Crippen LogP contribution < -0.4 is 20.1 Å². The maximum Gasteiger partial charge on any atom is 0.573 e. The molecule has 230 valence electrons. The van der Waals surface area contributed by atoms with Crippen LogP contribution in [0.2, 0.25) is 0 Å². The lowest BCUT2D eigenvalue weighted by Crippen LogP contribution is -2.47. The van der Waals surface area contributed by atoms with Gasteiger partial charge in [0, 0.05) is 24.2 Å². The van der Waals surface area contributed by atoms with Crippen molar-refractivity contribution in [1.29, 1.82) is 5.41 Å². The minimum atomic E-state index is -5.12. The number of fused-ring (bicyclic) bond motifs is 1. The molecule has 44 heavy (non-hydrogen) atoms. The van der Waals surface area contributed by atoms with Crippen molar-refractivity contribution in [3.63, 3.8) is 0 Å². The highest BCUT2D eigenvalue weighted by Gasteiger charge is 2.56. The first kappa shape index (κ1) is 30.5. The number of hydrogen-bond donors (Lipinski definition) is 3. The normalized spacial score (nSPS) is 18.7. The summed E-state index contributed by atoms with van der Waals surface area (Å²) in [5.74, 6) is -3.68. The number of nitrogens with one attached hydrogen (secondary N) is 3. The van der Waals surface area contributed by atoms with E-state index >= 15 is 0 Å². The molecule has 1 heterocycles. The summed E-state index contributed by atoms with van der Waals surface area (Å²) in [5, 5.41) is 13.5. The Morgan fingerprint density at radius 2 is 1.75 bits per heavy atom. The predicted molar refractivity (Wildman–Crippen MR) is 152 cm³/mol. The van der Waals surface area contributed by atoms with Crippen LogP contribution in [0.15, 0.2) is 66.7 Å². The number of carbonyl (C=O) groups is 3. The zero-order valence-electron chi connectivity index (χ0n) is 23.4. The van der Waals surface area contributed by atoms with Crippen molar-refractivity contribution in [2.45, 2.75) is 44.8 Å². The van der Waals surface area contributed by atoms with Crippen LogP contribution in [-0.4, -0.2) is 53.2 Å². The molecule has 5 rings (SSSR count). The van der Waals surface area contributed by atoms with E-state index in [9.17, 15) is 31.9 Å². The van der Waals surface area contributed by atoms with E-state index in [0.29, 0.717) is 24.3 Å². The third kappa shape index (κ3) is 6.99. The minimum absolute atomic E-state index is 0.0712. The van der Waals surface area contributed by atoms with Crippen LogP contribution in [0.3, 0.4) is 0 Å². The summed E-state index contributed by atoms with van der Waals surface area (Å²) in [4.78, 5) is 39.9. The Kier molecular flexibility index (Phi) is 8.56. The van der Waals surface area contributed by atoms with Crippen molar-refractivity contribution < 1.29 is 41.4 Å². The predicted octanol–water partition coefficient (Wildman–Crippen LogP) is 5.30. The molecule has 2 amide bonds. The number of ketones is 1. The molecule has 2 aliphatic rings. The van der Waals surface area contributed by atoms with E-state index in [0.717, 1.165) is 23.8 Å². The van der Waals surface area contributed by atoms with Crippen molar-refractivity contribution in [3.8, 4) is 11.5 Å². The number of nitrogens with zero attached hydrogens (tertiary/aromatic N) is 1. The van der Waals surface area contributed by atoms with Gasteiger partial charge < -0.3 is 25.0 Å². The molecule has 3 N–H and O–H groups in total. The molecule has 3 unspecified atom stereocenters. The van der Waals surface area contributed by atoms with Crippen LogP contribution in [-0.2, 0) is 21.0 Å². The average molecular weight is 613 g/mol. The third-order valence-corrected chi connectivity index (χ3v) is 7.43. The first-order valence-corrected chi connectivity index (χ1v) is 13.7. The third-order valence-electron chi connectivity index (χ3n) is 7.43. The lowest BCUT2D eigenvalue weighted by molar-refractivity contribution is -0.275. The zero-order valence-corrected chi connectivity index (χ0v) is 23.4. The Morgan fingerprint density at radius 3 is 2.45 bits per heavy atom. The molecule has 0 radical (unpaired) electrons. The highest BCUT2D eigenvalue weighted by molar-refractivity contribution is 6.45. The van der Waals surface area contributed by atoms with Gasteiger partial charge in [0.2, 0.25) is 11.8 Å². The number of likely N-dealkylation sites (tertiary alicyclic amines) is 1. The fraction of sp³-hybridized carbons (Fsp3) is 0.290. The lowest BCUT2D eigenvalue weighted by atomic mass is 10.0. The molecular formula is C31H28F4N4O5. The second-order valence-corrected chi connectivity index (χ2v) is 10.5. The van der Waals surface area contributed by atoms with Gasteiger partial charge in [0.25, 0.3) is 0 Å². The Morgan fingerprint density at radius 1 is 1.00 bits per heavy atom. The zero-order chi connectivity index (χ0) is 31.6. The van der Waals surface area contributed by atoms with Crippen LogP contribution in [0.4, 0.5) is 28.9 Å². The highest BCUT2D eigenvalue weighted by atomic mass is 19.4. The Bertz CT molecular complexity index is 1600. The Hall–Kier alpha value is -4.94. The number of hydrogen-bond acceptors (Lipinski definition) is 7. The molecule has 9 nitrogen and oxygen atoms in total. The van der Waals surface area contributed by atoms with Crippen LogP contribution >= 0.6 is 0 Å². The first-order chi connectivity index (χ1) is 20.9. The second-order valence-electron chi connectivity index (χ2n) is 10.5. The fourth-order valence-corrected chi connectivity index (χ4v) is 5.24. The van der Waals surface area contributed by atoms with E-state index in [2.05, 4.69) is 15.4 Å². The Balaban J connectivity index is 1.27. The summed E-state index contributed by atoms with van der Waals surface area (Å²) in [7, 11) is 0. The van der Waals surface area contributed by atoms with Gasteiger partial charge in [0.05, 0.1) is 12.2 Å². The highest BCUT2D eigenvalue weighted by Crippen LogP contribution is 2.48. The number of benzene rings is 3. The molecule has 1 aliphatic heterocycles. The summed E-state index contributed by atoms with van der Waals surface area (Å²) in [6.45, 7) is 1.24. The minimum Gasteiger partial charge on any atom is -0.489 e. The smallest absolute Gasteiger partial charge is 0.489 e. The van der Waals surface area contributed by atoms with Gasteiger partial charge in [-0.05, 0) is 54.7 Å². The van der Waals surface area contributed by atoms with E-state index in [1.165, 1.54) is 17.9 Å². The van der Waals surface area contributed by atoms with Crippen LogP contribution in [0.25, 0.3) is 0 Å². The van der Waals surface area contributed by atoms with Gasteiger partial charge in [-0.2, -0.15) is 0 Å². The number of Topliss-reactive ketones (excluding diaryl/α,β-unsaturated/α-hetero) is 1. The van der Waals surface area contributed by atoms with Gasteiger partial charge in [-0.3, -0.25) is 19.8 Å². The van der Waals surface area contributed by atoms with E-state index < -0.39 is 47.3 Å². The second kappa shape index (κ2) is 12.3. The molecule has 2 fully saturated rings. The van der Waals surface area contributed by atoms with Crippen molar-refractivity contribution in [1.82, 2.24) is 4.90 Å². The molecule has 0 bridgehead atoms. The molecule has 1 saturated carbocycles. The number of ether oxygens (including phenoxy) is 2. The summed E-state index contributed by atoms with van der Waals surface area (Å²) >= 11 is 0. The number of anilines is 2. The van der Waals surface area contributed by atoms with Crippen molar-refractivity contribution >= 4 is 34.7 Å². The van der Waals surface area contributed by atoms with E-state index in [4.69, 9.17) is 10.1 Å². The number of halogens is 4. The van der Waals surface area contributed by atoms with Gasteiger partial charge in [0.15, 0.2) is 17.3 Å².